The Bertz CT molecular complexity index is 3370. The third kappa shape index (κ3) is 4.69. The minimum absolute atomic E-state index is 0.167. The number of hydrogen-bond donors (Lipinski definition) is 0. The first-order valence-electron chi connectivity index (χ1n) is 19.1. The Balaban J connectivity index is 1.12. The summed E-state index contributed by atoms with van der Waals surface area (Å²) in [6.07, 6.45) is 9.96. The van der Waals surface area contributed by atoms with Crippen LogP contribution in [0, 0.1) is 12.1 Å². The molecule has 4 heteroatoms. The molecule has 262 valence electrons. The lowest BCUT2D eigenvalue weighted by Gasteiger charge is -2.34. The summed E-state index contributed by atoms with van der Waals surface area (Å²) < 4.78 is 5.19. The Kier molecular flexibility index (Phi) is 7.04. The molecular weight excluding hydrogens is 717 g/mol. The van der Waals surface area contributed by atoms with Gasteiger partial charge >= 0.3 is 0 Å². The zero-order valence-electron chi connectivity index (χ0n) is 30.2. The van der Waals surface area contributed by atoms with E-state index >= 15 is 0 Å². The second-order valence-electron chi connectivity index (χ2n) is 14.6. The molecule has 0 spiro atoms. The number of para-hydroxylation sites is 1. The highest BCUT2D eigenvalue weighted by Gasteiger charge is 2.26. The van der Waals surface area contributed by atoms with Crippen LogP contribution in [0.2, 0.25) is 0 Å². The lowest BCUT2D eigenvalue weighted by Crippen LogP contribution is -2.30. The minimum Gasteiger partial charge on any atom is -0.332 e. The zero-order valence-corrected chi connectivity index (χ0v) is 31.9. The molecule has 2 nitrogen and oxygen atoms in total. The summed E-state index contributed by atoms with van der Waals surface area (Å²) in [5.74, 6) is 0. The van der Waals surface area contributed by atoms with Crippen molar-refractivity contribution >= 4 is 124 Å². The van der Waals surface area contributed by atoms with Gasteiger partial charge in [0.05, 0.1) is 26.8 Å². The van der Waals surface area contributed by atoms with Gasteiger partial charge < -0.3 is 9.80 Å². The molecule has 2 heterocycles. The van der Waals surface area contributed by atoms with Gasteiger partial charge in [-0.25, -0.2) is 0 Å². The number of nitrogens with zero attached hydrogens (tertiary/aromatic N) is 2. The highest BCUT2D eigenvalue weighted by molar-refractivity contribution is 7.26. The molecule has 0 fully saturated rings. The summed E-state index contributed by atoms with van der Waals surface area (Å²) in [5, 5.41) is 12.4. The lowest BCUT2D eigenvalue weighted by molar-refractivity contribution is 0.790. The Morgan fingerprint density at radius 1 is 0.482 bits per heavy atom. The molecule has 1 atom stereocenters. The molecule has 0 amide bonds. The van der Waals surface area contributed by atoms with Crippen LogP contribution in [0.3, 0.4) is 0 Å². The summed E-state index contributed by atoms with van der Waals surface area (Å²) in [6, 6.07) is 63.2. The van der Waals surface area contributed by atoms with E-state index in [0.29, 0.717) is 0 Å². The Hall–Kier alpha value is -6.64. The summed E-state index contributed by atoms with van der Waals surface area (Å²) in [7, 11) is 0. The van der Waals surface area contributed by atoms with Crippen molar-refractivity contribution < 1.29 is 0 Å². The van der Waals surface area contributed by atoms with Crippen LogP contribution in [0.1, 0.15) is 6.42 Å². The minimum atomic E-state index is 0.167. The van der Waals surface area contributed by atoms with E-state index in [-0.39, 0.29) is 6.04 Å². The number of hydrogen-bond acceptors (Lipinski definition) is 4. The molecule has 1 aliphatic rings. The van der Waals surface area contributed by atoms with Gasteiger partial charge in [0.1, 0.15) is 5.69 Å². The van der Waals surface area contributed by atoms with Gasteiger partial charge in [-0.15, -0.1) is 22.7 Å². The molecule has 0 saturated carbocycles. The zero-order chi connectivity index (χ0) is 36.7. The highest BCUT2D eigenvalue weighted by atomic mass is 32.1. The molecule has 0 radical (unpaired) electrons. The molecule has 9 aromatic carbocycles. The van der Waals surface area contributed by atoms with E-state index in [0.717, 1.165) is 34.3 Å². The van der Waals surface area contributed by atoms with E-state index in [2.05, 4.69) is 198 Å². The average molecular weight is 749 g/mol. The Labute approximate surface area is 332 Å². The van der Waals surface area contributed by atoms with Gasteiger partial charge in [0.15, 0.2) is 0 Å². The first-order chi connectivity index (χ1) is 27.8. The van der Waals surface area contributed by atoms with Crippen LogP contribution in [-0.4, -0.2) is 6.04 Å². The summed E-state index contributed by atoms with van der Waals surface area (Å²) in [5.41, 5.74) is 5.70. The Morgan fingerprint density at radius 3 is 1.89 bits per heavy atom. The fourth-order valence-electron chi connectivity index (χ4n) is 9.06. The van der Waals surface area contributed by atoms with Gasteiger partial charge in [-0.1, -0.05) is 133 Å². The number of fused-ring (bicyclic) bond motifs is 6. The van der Waals surface area contributed by atoms with E-state index in [1.807, 2.05) is 22.7 Å². The van der Waals surface area contributed by atoms with Crippen molar-refractivity contribution in [2.24, 2.45) is 0 Å². The van der Waals surface area contributed by atoms with Crippen molar-refractivity contribution in [3.63, 3.8) is 0 Å². The van der Waals surface area contributed by atoms with Crippen LogP contribution in [0.25, 0.3) is 72.7 Å². The molecular formula is C52H32N2S2. The van der Waals surface area contributed by atoms with Gasteiger partial charge in [0.25, 0.3) is 0 Å². The van der Waals surface area contributed by atoms with Gasteiger partial charge in [-0.05, 0) is 66.4 Å². The van der Waals surface area contributed by atoms with Crippen LogP contribution in [-0.2, 0) is 0 Å². The largest absolute Gasteiger partial charge is 0.332 e. The predicted molar refractivity (Wildman–Crippen MR) is 244 cm³/mol. The molecule has 56 heavy (non-hydrogen) atoms. The SMILES string of the molecule is c1c(N(c2ccccc2)c2cccc3c2sc2ccccc23)c2ccc3ccc(N(c4cccc5c4sc4ccccc45)C4C=CC=CC4)c4ccc(c#1)c2c34. The molecule has 11 aromatic rings. The van der Waals surface area contributed by atoms with Crippen molar-refractivity contribution in [1.29, 1.82) is 0 Å². The van der Waals surface area contributed by atoms with Crippen molar-refractivity contribution in [2.75, 3.05) is 9.80 Å². The number of thiophene rings is 2. The Morgan fingerprint density at radius 2 is 1.14 bits per heavy atom. The van der Waals surface area contributed by atoms with E-state index in [1.165, 1.54) is 73.3 Å². The summed E-state index contributed by atoms with van der Waals surface area (Å²) in [4.78, 5) is 4.99. The highest BCUT2D eigenvalue weighted by Crippen LogP contribution is 2.50. The van der Waals surface area contributed by atoms with Crippen LogP contribution in [0.5, 0.6) is 0 Å². The van der Waals surface area contributed by atoms with Crippen molar-refractivity contribution in [3.05, 3.63) is 188 Å². The van der Waals surface area contributed by atoms with E-state index in [4.69, 9.17) is 0 Å². The third-order valence-electron chi connectivity index (χ3n) is 11.5. The van der Waals surface area contributed by atoms with E-state index in [1.54, 1.807) is 0 Å². The summed E-state index contributed by atoms with van der Waals surface area (Å²) in [6.45, 7) is 0. The van der Waals surface area contributed by atoms with Crippen molar-refractivity contribution in [1.82, 2.24) is 0 Å². The van der Waals surface area contributed by atoms with Crippen LogP contribution < -0.4 is 9.80 Å². The first kappa shape index (κ1) is 31.7. The van der Waals surface area contributed by atoms with Crippen LogP contribution in [0.15, 0.2) is 176 Å². The van der Waals surface area contributed by atoms with Gasteiger partial charge in [0.2, 0.25) is 0 Å². The fraction of sp³-hybridized carbons (Fsp3) is 0.0385. The topological polar surface area (TPSA) is 6.48 Å². The smallest absolute Gasteiger partial charge is 0.105 e. The predicted octanol–water partition coefficient (Wildman–Crippen LogP) is 15.4. The fourth-order valence-corrected chi connectivity index (χ4v) is 11.5. The van der Waals surface area contributed by atoms with E-state index < -0.39 is 0 Å². The third-order valence-corrected chi connectivity index (χ3v) is 13.9. The maximum Gasteiger partial charge on any atom is 0.105 e. The molecule has 0 N–H and O–H groups in total. The second kappa shape index (κ2) is 12.4. The normalized spacial score (nSPS) is 14.2. The molecule has 0 aliphatic heterocycles. The second-order valence-corrected chi connectivity index (χ2v) is 16.7. The number of allylic oxidation sites excluding steroid dienone is 2. The quantitative estimate of drug-likeness (QED) is 0.167. The van der Waals surface area contributed by atoms with Crippen LogP contribution in [0.4, 0.5) is 28.4 Å². The molecule has 0 bridgehead atoms. The average Bonchev–Trinajstić information content (AvgIpc) is 3.84. The van der Waals surface area contributed by atoms with Gasteiger partial charge in [-0.2, -0.15) is 0 Å². The maximum absolute atomic E-state index is 3.70. The molecule has 1 aliphatic carbocycles. The van der Waals surface area contributed by atoms with Crippen molar-refractivity contribution in [2.45, 2.75) is 12.5 Å². The monoisotopic (exact) mass is 748 g/mol. The molecule has 1 unspecified atom stereocenters. The standard InChI is InChI=1S/C52H32N2S2/c1-3-13-35(14-4-1)53(45-21-11-19-39-37-17-7-9-23-47(37)55-51(39)45)43-31-27-33-26-30-42-44(32-28-34-25-29-41(43)49(33)50(34)42)54(36-15-5-2-6-16-36)46-22-12-20-40-38-18-8-10-24-48(38)56-52(40)46/h1-15,17-26,28-30,32,36H,16H2. The molecule has 2 aromatic heterocycles. The number of benzene rings is 8. The lowest BCUT2D eigenvalue weighted by atomic mass is 9.92. The number of rotatable bonds is 6. The summed E-state index contributed by atoms with van der Waals surface area (Å²) >= 11 is 3.75. The van der Waals surface area contributed by atoms with Gasteiger partial charge in [0, 0.05) is 69.3 Å². The molecule has 12 rings (SSSR count). The van der Waals surface area contributed by atoms with Crippen molar-refractivity contribution in [3.8, 4) is 0 Å². The van der Waals surface area contributed by atoms with E-state index in [9.17, 15) is 0 Å². The maximum atomic E-state index is 3.70. The molecule has 0 saturated heterocycles. The van der Waals surface area contributed by atoms with Crippen LogP contribution >= 0.6 is 22.7 Å². The first-order valence-corrected chi connectivity index (χ1v) is 20.8. The number of anilines is 5. The van der Waals surface area contributed by atoms with Gasteiger partial charge in [-0.3, -0.25) is 0 Å².